The normalized spacial score (nSPS) is 11.8. The molecular weight excluding hydrogens is 574 g/mol. The van der Waals surface area contributed by atoms with Gasteiger partial charge in [0.2, 0.25) is 0 Å². The van der Waals surface area contributed by atoms with Crippen molar-refractivity contribution in [2.24, 2.45) is 0 Å². The fraction of sp³-hybridized carbons (Fsp3) is 0. The fourth-order valence-electron chi connectivity index (χ4n) is 7.14. The summed E-state index contributed by atoms with van der Waals surface area (Å²) in [4.78, 5) is 0. The number of rotatable bonds is 4. The van der Waals surface area contributed by atoms with E-state index in [9.17, 15) is 0 Å². The van der Waals surface area contributed by atoms with Gasteiger partial charge in [0.15, 0.2) is 5.58 Å². The highest BCUT2D eigenvalue weighted by molar-refractivity contribution is 6.17. The molecule has 0 aliphatic carbocycles. The molecule has 0 saturated carbocycles. The van der Waals surface area contributed by atoms with E-state index in [4.69, 9.17) is 8.83 Å². The maximum atomic E-state index is 6.63. The Hall–Kier alpha value is -6.32. The molecule has 3 nitrogen and oxygen atoms in total. The van der Waals surface area contributed by atoms with Crippen LogP contribution in [0.15, 0.2) is 173 Å². The predicted molar refractivity (Wildman–Crippen MR) is 194 cm³/mol. The van der Waals surface area contributed by atoms with Crippen LogP contribution in [0.4, 0.5) is 0 Å². The number of hydrogen-bond donors (Lipinski definition) is 0. The minimum Gasteiger partial charge on any atom is -0.456 e. The Morgan fingerprint density at radius 1 is 0.340 bits per heavy atom. The zero-order valence-corrected chi connectivity index (χ0v) is 25.4. The first-order valence-electron chi connectivity index (χ1n) is 15.9. The van der Waals surface area contributed by atoms with E-state index in [0.29, 0.717) is 0 Å². The summed E-state index contributed by atoms with van der Waals surface area (Å²) in [5, 5.41) is 4.48. The molecule has 47 heavy (non-hydrogen) atoms. The van der Waals surface area contributed by atoms with Crippen LogP contribution >= 0.6 is 0 Å². The van der Waals surface area contributed by atoms with Gasteiger partial charge >= 0.3 is 0 Å². The number of furan rings is 2. The standard InChI is InChI=1S/C44H27NO2/c1-3-10-28(11-4-1)31-18-21-35-36-22-19-32(26-41(36)46-40(35)25-31)29-12-9-13-30(24-29)33-20-23-38-42(27-33)47-44-37-16-7-8-17-39(37)45(43(38)44)34-14-5-2-6-15-34/h1-27H. The maximum Gasteiger partial charge on any atom is 0.161 e. The minimum absolute atomic E-state index is 0.881. The van der Waals surface area contributed by atoms with Crippen LogP contribution in [0.2, 0.25) is 0 Å². The van der Waals surface area contributed by atoms with E-state index < -0.39 is 0 Å². The molecule has 0 fully saturated rings. The van der Waals surface area contributed by atoms with Crippen LogP contribution in [0, 0.1) is 0 Å². The van der Waals surface area contributed by atoms with Gasteiger partial charge in [0.05, 0.1) is 5.52 Å². The lowest BCUT2D eigenvalue weighted by atomic mass is 9.97. The Bertz CT molecular complexity index is 2780. The lowest BCUT2D eigenvalue weighted by molar-refractivity contribution is 0.669. The first-order valence-corrected chi connectivity index (χ1v) is 15.9. The van der Waals surface area contributed by atoms with Gasteiger partial charge in [-0.3, -0.25) is 0 Å². The quantitative estimate of drug-likeness (QED) is 0.201. The summed E-state index contributed by atoms with van der Waals surface area (Å²) in [7, 11) is 0. The van der Waals surface area contributed by atoms with Crippen molar-refractivity contribution in [2.75, 3.05) is 0 Å². The lowest BCUT2D eigenvalue weighted by Gasteiger charge is -2.08. The monoisotopic (exact) mass is 601 g/mol. The summed E-state index contributed by atoms with van der Waals surface area (Å²) in [6.45, 7) is 0. The lowest BCUT2D eigenvalue weighted by Crippen LogP contribution is -1.92. The third-order valence-corrected chi connectivity index (χ3v) is 9.40. The van der Waals surface area contributed by atoms with Crippen LogP contribution in [-0.4, -0.2) is 4.57 Å². The molecule has 0 aliphatic rings. The highest BCUT2D eigenvalue weighted by Crippen LogP contribution is 2.41. The third kappa shape index (κ3) is 4.07. The van der Waals surface area contributed by atoms with E-state index in [1.165, 1.54) is 5.56 Å². The van der Waals surface area contributed by atoms with Crippen molar-refractivity contribution in [3.05, 3.63) is 164 Å². The zero-order valence-electron chi connectivity index (χ0n) is 25.4. The maximum absolute atomic E-state index is 6.63. The summed E-state index contributed by atoms with van der Waals surface area (Å²) >= 11 is 0. The molecule has 3 heteroatoms. The van der Waals surface area contributed by atoms with Crippen LogP contribution in [0.25, 0.3) is 94.0 Å². The van der Waals surface area contributed by atoms with Crippen molar-refractivity contribution in [1.29, 1.82) is 0 Å². The van der Waals surface area contributed by atoms with Crippen LogP contribution in [-0.2, 0) is 0 Å². The van der Waals surface area contributed by atoms with Crippen molar-refractivity contribution in [1.82, 2.24) is 4.57 Å². The van der Waals surface area contributed by atoms with Gasteiger partial charge in [0.25, 0.3) is 0 Å². The molecule has 10 rings (SSSR count). The third-order valence-electron chi connectivity index (χ3n) is 9.40. The fourth-order valence-corrected chi connectivity index (χ4v) is 7.14. The molecule has 0 aliphatic heterocycles. The van der Waals surface area contributed by atoms with Gasteiger partial charge < -0.3 is 13.4 Å². The summed E-state index contributed by atoms with van der Waals surface area (Å²) in [5.41, 5.74) is 13.8. The molecule has 0 atom stereocenters. The first-order chi connectivity index (χ1) is 23.3. The largest absolute Gasteiger partial charge is 0.456 e. The van der Waals surface area contributed by atoms with E-state index in [-0.39, 0.29) is 0 Å². The summed E-state index contributed by atoms with van der Waals surface area (Å²) < 4.78 is 15.4. The Kier molecular flexibility index (Phi) is 5.57. The predicted octanol–water partition coefficient (Wildman–Crippen LogP) is 12.4. The molecule has 0 saturated heterocycles. The number of benzene rings is 7. The highest BCUT2D eigenvalue weighted by Gasteiger charge is 2.19. The Morgan fingerprint density at radius 3 is 1.53 bits per heavy atom. The molecule has 0 bridgehead atoms. The number of aromatic nitrogens is 1. The van der Waals surface area contributed by atoms with Gasteiger partial charge in [-0.25, -0.2) is 0 Å². The van der Waals surface area contributed by atoms with Crippen LogP contribution < -0.4 is 0 Å². The van der Waals surface area contributed by atoms with Gasteiger partial charge in [0, 0.05) is 27.2 Å². The number of hydrogen-bond acceptors (Lipinski definition) is 2. The smallest absolute Gasteiger partial charge is 0.161 e. The number of fused-ring (bicyclic) bond motifs is 8. The van der Waals surface area contributed by atoms with Crippen LogP contribution in [0.3, 0.4) is 0 Å². The minimum atomic E-state index is 0.881. The summed E-state index contributed by atoms with van der Waals surface area (Å²) in [6, 6.07) is 57.7. The van der Waals surface area contributed by atoms with Crippen molar-refractivity contribution >= 4 is 54.9 Å². The molecule has 7 aromatic carbocycles. The second-order valence-corrected chi connectivity index (χ2v) is 12.1. The average molecular weight is 602 g/mol. The second kappa shape index (κ2) is 10.1. The molecule has 3 aromatic heterocycles. The van der Waals surface area contributed by atoms with Crippen molar-refractivity contribution < 1.29 is 8.83 Å². The van der Waals surface area contributed by atoms with E-state index in [0.717, 1.165) is 88.4 Å². The van der Waals surface area contributed by atoms with E-state index in [1.807, 2.05) is 6.07 Å². The van der Waals surface area contributed by atoms with E-state index in [1.54, 1.807) is 0 Å². The van der Waals surface area contributed by atoms with Gasteiger partial charge in [-0.05, 0) is 100 Å². The van der Waals surface area contributed by atoms with Crippen molar-refractivity contribution in [2.45, 2.75) is 0 Å². The Morgan fingerprint density at radius 2 is 0.851 bits per heavy atom. The number of para-hydroxylation sites is 2. The second-order valence-electron chi connectivity index (χ2n) is 12.1. The zero-order chi connectivity index (χ0) is 30.9. The molecule has 3 heterocycles. The van der Waals surface area contributed by atoms with Crippen molar-refractivity contribution in [3.8, 4) is 39.1 Å². The first kappa shape index (κ1) is 26.0. The summed E-state index contributed by atoms with van der Waals surface area (Å²) in [6.07, 6.45) is 0. The topological polar surface area (TPSA) is 31.2 Å². The van der Waals surface area contributed by atoms with E-state index in [2.05, 4.69) is 162 Å². The molecular formula is C44H27NO2. The molecule has 0 amide bonds. The molecule has 10 aromatic rings. The number of nitrogens with zero attached hydrogens (tertiary/aromatic N) is 1. The van der Waals surface area contributed by atoms with E-state index >= 15 is 0 Å². The van der Waals surface area contributed by atoms with Gasteiger partial charge in [0.1, 0.15) is 22.3 Å². The van der Waals surface area contributed by atoms with Crippen molar-refractivity contribution in [3.63, 3.8) is 0 Å². The highest BCUT2D eigenvalue weighted by atomic mass is 16.3. The SMILES string of the molecule is c1ccc(-c2ccc3c(c2)oc2cc(-c4cccc(-c5ccc6c(c5)oc5c7ccccc7n(-c7ccccc7)c65)c4)ccc23)cc1. The molecule has 0 unspecified atom stereocenters. The van der Waals surface area contributed by atoms with Crippen LogP contribution in [0.5, 0.6) is 0 Å². The van der Waals surface area contributed by atoms with Gasteiger partial charge in [-0.1, -0.05) is 97.1 Å². The molecule has 0 N–H and O–H groups in total. The van der Waals surface area contributed by atoms with Crippen LogP contribution in [0.1, 0.15) is 0 Å². The van der Waals surface area contributed by atoms with Gasteiger partial charge in [-0.15, -0.1) is 0 Å². The Balaban J connectivity index is 1.05. The van der Waals surface area contributed by atoms with Gasteiger partial charge in [-0.2, -0.15) is 0 Å². The summed E-state index contributed by atoms with van der Waals surface area (Å²) in [5.74, 6) is 0. The molecule has 0 radical (unpaired) electrons. The Labute approximate surface area is 270 Å². The molecule has 0 spiro atoms. The molecule has 220 valence electrons. The average Bonchev–Trinajstić information content (AvgIpc) is 3.80.